The first-order valence-electron chi connectivity index (χ1n) is 16.5. The Morgan fingerprint density at radius 1 is 0.783 bits per heavy atom. The predicted molar refractivity (Wildman–Crippen MR) is 176 cm³/mol. The molecule has 2 saturated carbocycles. The van der Waals surface area contributed by atoms with Gasteiger partial charge >= 0.3 is 0 Å². The minimum absolute atomic E-state index is 0.0214. The van der Waals surface area contributed by atoms with Crippen molar-refractivity contribution >= 4 is 23.6 Å². The van der Waals surface area contributed by atoms with Gasteiger partial charge in [-0.15, -0.1) is 0 Å². The smallest absolute Gasteiger partial charge is 0.257 e. The van der Waals surface area contributed by atoms with E-state index < -0.39 is 5.82 Å². The maximum Gasteiger partial charge on any atom is 0.257 e. The number of aromatic nitrogens is 1. The van der Waals surface area contributed by atoms with E-state index >= 15 is 0 Å². The zero-order valence-electron chi connectivity index (χ0n) is 26.0. The lowest BCUT2D eigenvalue weighted by molar-refractivity contribution is 0.0882. The number of ether oxygens (including phenoxy) is 3. The summed E-state index contributed by atoms with van der Waals surface area (Å²) in [6.45, 7) is 0.429. The Balaban J connectivity index is 1.04. The second kappa shape index (κ2) is 15.7. The summed E-state index contributed by atoms with van der Waals surface area (Å²) in [5.41, 5.74) is 1.69. The van der Waals surface area contributed by atoms with E-state index in [1.807, 2.05) is 54.2 Å². The average Bonchev–Trinajstić information content (AvgIpc) is 3.59. The van der Waals surface area contributed by atoms with Crippen LogP contribution < -0.4 is 24.8 Å². The van der Waals surface area contributed by atoms with Gasteiger partial charge in [0.25, 0.3) is 11.8 Å². The summed E-state index contributed by atoms with van der Waals surface area (Å²) in [7, 11) is 0. The number of carbonyl (C=O) groups excluding carboxylic acids is 2. The molecule has 1 saturated heterocycles. The summed E-state index contributed by atoms with van der Waals surface area (Å²) in [4.78, 5) is 30.8. The fourth-order valence-corrected chi connectivity index (χ4v) is 7.41. The molecule has 244 valence electrons. The van der Waals surface area contributed by atoms with Crippen LogP contribution >= 0.6 is 11.8 Å². The van der Waals surface area contributed by atoms with Gasteiger partial charge in [0.15, 0.2) is 0 Å². The molecule has 8 nitrogen and oxygen atoms in total. The number of halogens is 1. The van der Waals surface area contributed by atoms with Gasteiger partial charge < -0.3 is 24.8 Å². The predicted octanol–water partition coefficient (Wildman–Crippen LogP) is 6.87. The first-order valence-corrected chi connectivity index (χ1v) is 17.6. The lowest BCUT2D eigenvalue weighted by atomic mass is 9.90. The maximum absolute atomic E-state index is 14.1. The number of thioether (sulfide) groups is 1. The summed E-state index contributed by atoms with van der Waals surface area (Å²) in [5.74, 6) is 2.24. The van der Waals surface area contributed by atoms with E-state index in [4.69, 9.17) is 14.2 Å². The van der Waals surface area contributed by atoms with E-state index in [9.17, 15) is 14.0 Å². The Hall–Kier alpha value is -3.79. The molecule has 10 heteroatoms. The van der Waals surface area contributed by atoms with Crippen LogP contribution in [0.1, 0.15) is 90.5 Å². The molecule has 46 heavy (non-hydrogen) atoms. The highest BCUT2D eigenvalue weighted by Crippen LogP contribution is 2.31. The summed E-state index contributed by atoms with van der Waals surface area (Å²) in [6, 6.07) is 16.5. The number of rotatable bonds is 11. The van der Waals surface area contributed by atoms with Gasteiger partial charge in [0.1, 0.15) is 35.6 Å². The molecule has 2 aromatic carbocycles. The molecule has 2 heterocycles. The van der Waals surface area contributed by atoms with Crippen LogP contribution in [0.25, 0.3) is 0 Å². The molecule has 3 fully saturated rings. The van der Waals surface area contributed by atoms with Gasteiger partial charge in [-0.2, -0.15) is 11.8 Å². The highest BCUT2D eigenvalue weighted by molar-refractivity contribution is 7.99. The molecule has 0 bridgehead atoms. The molecule has 2 aliphatic carbocycles. The molecule has 1 aliphatic heterocycles. The van der Waals surface area contributed by atoms with E-state index in [1.165, 1.54) is 6.07 Å². The Labute approximate surface area is 274 Å². The monoisotopic (exact) mass is 647 g/mol. The largest absolute Gasteiger partial charge is 0.489 e. The number of benzene rings is 2. The third kappa shape index (κ3) is 8.72. The van der Waals surface area contributed by atoms with E-state index in [1.54, 1.807) is 6.07 Å². The van der Waals surface area contributed by atoms with E-state index in [-0.39, 0.29) is 47.5 Å². The van der Waals surface area contributed by atoms with E-state index in [0.29, 0.717) is 49.4 Å². The standard InChI is InChI=1S/C36H42FN3O5S/c37-25-20-32(36(38-22-25)45-29-16-18-46-19-17-29)35(42)40-27-12-10-26(11-13-27)39-34(41)31-15-14-30(43-23-24-6-2-1-3-7-24)21-33(31)44-28-8-4-5-9-28/h1-3,6-7,14-15,20-22,26-29H,4-5,8-13,16-19,23H2,(H,39,41)(H,40,42). The SMILES string of the molecule is O=C(NC1CCC(NC(=O)c2cc(F)cnc2OC2CCSCC2)CC1)c1ccc(OCc2ccccc2)cc1OC1CCCC1. The van der Waals surface area contributed by atoms with Crippen LogP contribution in [0.3, 0.4) is 0 Å². The van der Waals surface area contributed by atoms with Crippen LogP contribution in [0.2, 0.25) is 0 Å². The van der Waals surface area contributed by atoms with Crippen LogP contribution in [-0.2, 0) is 6.61 Å². The van der Waals surface area contributed by atoms with Crippen molar-refractivity contribution < 1.29 is 28.2 Å². The van der Waals surface area contributed by atoms with Crippen LogP contribution in [0.5, 0.6) is 17.4 Å². The molecule has 0 unspecified atom stereocenters. The van der Waals surface area contributed by atoms with Gasteiger partial charge in [-0.1, -0.05) is 30.3 Å². The second-order valence-electron chi connectivity index (χ2n) is 12.4. The van der Waals surface area contributed by atoms with Gasteiger partial charge in [-0.3, -0.25) is 9.59 Å². The lowest BCUT2D eigenvalue weighted by Crippen LogP contribution is -2.44. The Morgan fingerprint density at radius 3 is 2.13 bits per heavy atom. The Morgan fingerprint density at radius 2 is 1.43 bits per heavy atom. The normalized spacial score (nSPS) is 20.5. The molecule has 0 radical (unpaired) electrons. The van der Waals surface area contributed by atoms with Crippen LogP contribution in [0.15, 0.2) is 60.8 Å². The van der Waals surface area contributed by atoms with Gasteiger partial charge in [-0.05, 0) is 99.5 Å². The summed E-state index contributed by atoms with van der Waals surface area (Å²) >= 11 is 1.88. The molecule has 0 atom stereocenters. The van der Waals surface area contributed by atoms with Crippen molar-refractivity contribution in [2.24, 2.45) is 0 Å². The molecule has 2 amide bonds. The summed E-state index contributed by atoms with van der Waals surface area (Å²) < 4.78 is 32.5. The van der Waals surface area contributed by atoms with Crippen molar-refractivity contribution in [1.82, 2.24) is 15.6 Å². The Kier molecular flexibility index (Phi) is 11.0. The fourth-order valence-electron chi connectivity index (χ4n) is 6.35. The number of hydrogen-bond acceptors (Lipinski definition) is 7. The van der Waals surface area contributed by atoms with Crippen molar-refractivity contribution in [3.8, 4) is 17.4 Å². The van der Waals surface area contributed by atoms with Gasteiger partial charge in [0, 0.05) is 18.2 Å². The molecule has 3 aromatic rings. The second-order valence-corrected chi connectivity index (χ2v) is 13.6. The van der Waals surface area contributed by atoms with Crippen LogP contribution in [0.4, 0.5) is 4.39 Å². The Bertz CT molecular complexity index is 1470. The van der Waals surface area contributed by atoms with Crippen molar-refractivity contribution in [1.29, 1.82) is 0 Å². The molecule has 3 aliphatic rings. The van der Waals surface area contributed by atoms with E-state index in [0.717, 1.165) is 61.8 Å². The first-order chi connectivity index (χ1) is 22.5. The van der Waals surface area contributed by atoms with Crippen LogP contribution in [0, 0.1) is 5.82 Å². The molecular weight excluding hydrogens is 605 g/mol. The number of nitrogens with zero attached hydrogens (tertiary/aromatic N) is 1. The molecule has 0 spiro atoms. The third-order valence-corrected chi connectivity index (χ3v) is 10.00. The lowest BCUT2D eigenvalue weighted by Gasteiger charge is -2.30. The van der Waals surface area contributed by atoms with Gasteiger partial charge in [0.2, 0.25) is 5.88 Å². The van der Waals surface area contributed by atoms with Gasteiger partial charge in [-0.25, -0.2) is 9.37 Å². The maximum atomic E-state index is 14.1. The summed E-state index contributed by atoms with van der Waals surface area (Å²) in [6.07, 6.45) is 9.91. The van der Waals surface area contributed by atoms with Gasteiger partial charge in [0.05, 0.1) is 17.9 Å². The number of amides is 2. The fraction of sp³-hybridized carbons (Fsp3) is 0.472. The highest BCUT2D eigenvalue weighted by Gasteiger charge is 2.28. The zero-order valence-corrected chi connectivity index (χ0v) is 26.9. The van der Waals surface area contributed by atoms with E-state index in [2.05, 4.69) is 15.6 Å². The van der Waals surface area contributed by atoms with Crippen molar-refractivity contribution in [2.45, 2.75) is 95.1 Å². The first kappa shape index (κ1) is 32.2. The zero-order chi connectivity index (χ0) is 31.7. The van der Waals surface area contributed by atoms with Crippen molar-refractivity contribution in [3.63, 3.8) is 0 Å². The average molecular weight is 648 g/mol. The van der Waals surface area contributed by atoms with Crippen molar-refractivity contribution in [2.75, 3.05) is 11.5 Å². The minimum atomic E-state index is -0.574. The number of nitrogens with one attached hydrogen (secondary N) is 2. The van der Waals surface area contributed by atoms with Crippen LogP contribution in [-0.4, -0.2) is 52.6 Å². The summed E-state index contributed by atoms with van der Waals surface area (Å²) in [5, 5.41) is 6.24. The third-order valence-electron chi connectivity index (χ3n) is 8.95. The number of carbonyl (C=O) groups is 2. The molecule has 1 aromatic heterocycles. The molecule has 2 N–H and O–H groups in total. The van der Waals surface area contributed by atoms with Crippen molar-refractivity contribution in [3.05, 3.63) is 83.3 Å². The molecular formula is C36H42FN3O5S. The topological polar surface area (TPSA) is 98.8 Å². The highest BCUT2D eigenvalue weighted by atomic mass is 32.2. The number of hydrogen-bond donors (Lipinski definition) is 2. The molecule has 6 rings (SSSR count). The number of pyridine rings is 1. The quantitative estimate of drug-likeness (QED) is 0.235. The minimum Gasteiger partial charge on any atom is -0.489 e.